The van der Waals surface area contributed by atoms with Gasteiger partial charge in [0, 0.05) is 33.0 Å². The Morgan fingerprint density at radius 1 is 0.531 bits per heavy atom. The average Bonchev–Trinajstić information content (AvgIpc) is 2.78. The largest absolute Gasteiger partial charge is 0.507 e. The smallest absolute Gasteiger partial charge is 0.138 e. The van der Waals surface area contributed by atoms with Crippen molar-refractivity contribution in [2.45, 2.75) is 13.8 Å². The van der Waals surface area contributed by atoms with Gasteiger partial charge in [-0.3, -0.25) is 0 Å². The number of aromatic hydroxyl groups is 2. The first kappa shape index (κ1) is 21.4. The molecule has 0 aliphatic rings. The molecule has 0 saturated carbocycles. The van der Waals surface area contributed by atoms with Gasteiger partial charge in [0.1, 0.15) is 34.5 Å². The Bertz CT molecular complexity index is 1250. The van der Waals surface area contributed by atoms with Crippen LogP contribution in [0.25, 0.3) is 32.7 Å². The standard InChI is InChI=1S/C26H26O6/c1-13-19(25(31-5)21-15(23(13)29-3)9-7-11-17(21)27)20-14(2)24(30-4)16-10-8-12-18(28)22(16)26(20)32-6/h7-12,27-28H,1-6H3. The highest BCUT2D eigenvalue weighted by Gasteiger charge is 2.29. The molecule has 6 heteroatoms. The highest BCUT2D eigenvalue weighted by atomic mass is 16.5. The van der Waals surface area contributed by atoms with E-state index >= 15 is 0 Å². The number of ether oxygens (including phenoxy) is 4. The molecule has 0 bridgehead atoms. The van der Waals surface area contributed by atoms with Crippen molar-refractivity contribution in [3.8, 4) is 45.6 Å². The van der Waals surface area contributed by atoms with Gasteiger partial charge in [-0.1, -0.05) is 24.3 Å². The van der Waals surface area contributed by atoms with Crippen LogP contribution in [-0.2, 0) is 0 Å². The van der Waals surface area contributed by atoms with E-state index in [1.807, 2.05) is 26.0 Å². The topological polar surface area (TPSA) is 77.4 Å². The molecule has 0 saturated heterocycles. The first-order valence-electron chi connectivity index (χ1n) is 10.1. The molecule has 0 atom stereocenters. The van der Waals surface area contributed by atoms with Crippen LogP contribution >= 0.6 is 0 Å². The maximum atomic E-state index is 10.7. The Hall–Kier alpha value is -3.80. The predicted molar refractivity (Wildman–Crippen MR) is 126 cm³/mol. The lowest BCUT2D eigenvalue weighted by Crippen LogP contribution is -2.03. The third-order valence-corrected chi connectivity index (χ3v) is 5.98. The number of hydrogen-bond acceptors (Lipinski definition) is 6. The van der Waals surface area contributed by atoms with E-state index in [1.165, 1.54) is 0 Å². The molecule has 0 radical (unpaired) electrons. The lowest BCUT2D eigenvalue weighted by atomic mass is 9.87. The Balaban J connectivity index is 2.32. The van der Waals surface area contributed by atoms with E-state index in [0.717, 1.165) is 21.9 Å². The maximum Gasteiger partial charge on any atom is 0.138 e. The Kier molecular flexibility index (Phi) is 5.38. The quantitative estimate of drug-likeness (QED) is 0.418. The molecule has 0 aromatic heterocycles. The molecule has 2 N–H and O–H groups in total. The summed E-state index contributed by atoms with van der Waals surface area (Å²) in [5.74, 6) is 2.34. The van der Waals surface area contributed by atoms with Crippen LogP contribution in [0.15, 0.2) is 36.4 Å². The fourth-order valence-corrected chi connectivity index (χ4v) is 4.69. The van der Waals surface area contributed by atoms with Crippen LogP contribution in [-0.4, -0.2) is 38.7 Å². The summed E-state index contributed by atoms with van der Waals surface area (Å²) in [5.41, 5.74) is 2.99. The van der Waals surface area contributed by atoms with E-state index in [9.17, 15) is 10.2 Å². The minimum Gasteiger partial charge on any atom is -0.507 e. The van der Waals surface area contributed by atoms with Crippen LogP contribution < -0.4 is 18.9 Å². The van der Waals surface area contributed by atoms with Crippen LogP contribution in [0, 0.1) is 13.8 Å². The summed E-state index contributed by atoms with van der Waals surface area (Å²) in [5, 5.41) is 24.0. The van der Waals surface area contributed by atoms with Crippen molar-refractivity contribution in [2.75, 3.05) is 28.4 Å². The average molecular weight is 434 g/mol. The summed E-state index contributed by atoms with van der Waals surface area (Å²) in [6, 6.07) is 10.5. The number of fused-ring (bicyclic) bond motifs is 2. The zero-order valence-corrected chi connectivity index (χ0v) is 19.0. The fraction of sp³-hybridized carbons (Fsp3) is 0.231. The summed E-state index contributed by atoms with van der Waals surface area (Å²) in [4.78, 5) is 0. The SMILES string of the molecule is COc1c(C)c(-c2c(C)c(OC)c3cccc(O)c3c2OC)c(OC)c2c(O)cccc12. The van der Waals surface area contributed by atoms with Gasteiger partial charge in [-0.05, 0) is 26.0 Å². The van der Waals surface area contributed by atoms with E-state index in [4.69, 9.17) is 18.9 Å². The van der Waals surface area contributed by atoms with E-state index in [0.29, 0.717) is 44.9 Å². The molecule has 166 valence electrons. The molecular weight excluding hydrogens is 408 g/mol. The van der Waals surface area contributed by atoms with Gasteiger partial charge in [0.25, 0.3) is 0 Å². The number of benzene rings is 4. The van der Waals surface area contributed by atoms with Crippen LogP contribution in [0.1, 0.15) is 11.1 Å². The molecule has 32 heavy (non-hydrogen) atoms. The summed E-state index contributed by atoms with van der Waals surface area (Å²) < 4.78 is 23.3. The molecule has 0 amide bonds. The molecule has 0 unspecified atom stereocenters. The van der Waals surface area contributed by atoms with Crippen LogP contribution in [0.5, 0.6) is 34.5 Å². The normalized spacial score (nSPS) is 11.1. The van der Waals surface area contributed by atoms with Crippen LogP contribution in [0.2, 0.25) is 0 Å². The predicted octanol–water partition coefficient (Wildman–Crippen LogP) is 5.72. The summed E-state index contributed by atoms with van der Waals surface area (Å²) >= 11 is 0. The number of methoxy groups -OCH3 is 4. The van der Waals surface area contributed by atoms with E-state index < -0.39 is 0 Å². The fourth-order valence-electron chi connectivity index (χ4n) is 4.69. The summed E-state index contributed by atoms with van der Waals surface area (Å²) in [7, 11) is 6.32. The van der Waals surface area contributed by atoms with Gasteiger partial charge in [-0.15, -0.1) is 0 Å². The Morgan fingerprint density at radius 2 is 0.875 bits per heavy atom. The van der Waals surface area contributed by atoms with Gasteiger partial charge < -0.3 is 29.2 Å². The minimum atomic E-state index is 0.0751. The summed E-state index contributed by atoms with van der Waals surface area (Å²) in [6.45, 7) is 3.86. The lowest BCUT2D eigenvalue weighted by Gasteiger charge is -2.24. The van der Waals surface area contributed by atoms with Gasteiger partial charge in [-0.2, -0.15) is 0 Å². The first-order valence-corrected chi connectivity index (χ1v) is 10.1. The zero-order valence-electron chi connectivity index (χ0n) is 19.0. The Morgan fingerprint density at radius 3 is 1.19 bits per heavy atom. The monoisotopic (exact) mass is 434 g/mol. The Labute approximate surface area is 186 Å². The van der Waals surface area contributed by atoms with Crippen molar-refractivity contribution < 1.29 is 29.2 Å². The molecule has 4 aromatic rings. The second-order valence-electron chi connectivity index (χ2n) is 7.53. The molecule has 4 aromatic carbocycles. The lowest BCUT2D eigenvalue weighted by molar-refractivity contribution is 0.401. The molecule has 0 aliphatic carbocycles. The maximum absolute atomic E-state index is 10.7. The number of phenolic OH excluding ortho intramolecular Hbond substituents is 2. The van der Waals surface area contributed by atoms with Gasteiger partial charge in [0.15, 0.2) is 0 Å². The third-order valence-electron chi connectivity index (χ3n) is 5.98. The third kappa shape index (κ3) is 2.87. The summed E-state index contributed by atoms with van der Waals surface area (Å²) in [6.07, 6.45) is 0. The van der Waals surface area contributed by atoms with Gasteiger partial charge in [0.2, 0.25) is 0 Å². The van der Waals surface area contributed by atoms with Crippen molar-refractivity contribution >= 4 is 21.5 Å². The molecule has 6 nitrogen and oxygen atoms in total. The molecule has 0 aliphatic heterocycles. The van der Waals surface area contributed by atoms with Gasteiger partial charge in [-0.25, -0.2) is 0 Å². The van der Waals surface area contributed by atoms with E-state index in [1.54, 1.807) is 52.7 Å². The van der Waals surface area contributed by atoms with Crippen LogP contribution in [0.3, 0.4) is 0 Å². The van der Waals surface area contributed by atoms with Crippen LogP contribution in [0.4, 0.5) is 0 Å². The molecule has 4 rings (SSSR count). The number of phenols is 2. The van der Waals surface area contributed by atoms with Crippen molar-refractivity contribution in [2.24, 2.45) is 0 Å². The van der Waals surface area contributed by atoms with Gasteiger partial charge >= 0.3 is 0 Å². The second kappa shape index (κ2) is 8.04. The van der Waals surface area contributed by atoms with E-state index in [-0.39, 0.29) is 11.5 Å². The van der Waals surface area contributed by atoms with Crippen molar-refractivity contribution in [1.29, 1.82) is 0 Å². The highest BCUT2D eigenvalue weighted by Crippen LogP contribution is 2.55. The number of hydrogen-bond donors (Lipinski definition) is 2. The van der Waals surface area contributed by atoms with Crippen molar-refractivity contribution in [3.63, 3.8) is 0 Å². The number of rotatable bonds is 5. The van der Waals surface area contributed by atoms with Gasteiger partial charge in [0.05, 0.1) is 39.2 Å². The molecule has 0 heterocycles. The van der Waals surface area contributed by atoms with E-state index in [2.05, 4.69) is 0 Å². The zero-order chi connectivity index (χ0) is 23.2. The molecular formula is C26H26O6. The molecule has 0 spiro atoms. The molecule has 0 fully saturated rings. The minimum absolute atomic E-state index is 0.0751. The first-order chi connectivity index (χ1) is 15.4. The second-order valence-corrected chi connectivity index (χ2v) is 7.53. The highest BCUT2D eigenvalue weighted by molar-refractivity contribution is 6.10. The van der Waals surface area contributed by atoms with Crippen molar-refractivity contribution in [3.05, 3.63) is 47.5 Å². The van der Waals surface area contributed by atoms with Crippen molar-refractivity contribution in [1.82, 2.24) is 0 Å².